The topological polar surface area (TPSA) is 35.2 Å². The lowest BCUT2D eigenvalue weighted by atomic mass is 10.3. The van der Waals surface area contributed by atoms with Crippen LogP contribution in [0.25, 0.3) is 0 Å². The molecule has 0 heterocycles. The van der Waals surface area contributed by atoms with Crippen LogP contribution in [0.4, 0.5) is 4.39 Å². The van der Waals surface area contributed by atoms with Gasteiger partial charge in [0.05, 0.1) is 0 Å². The number of nitrogens with two attached hydrogens (primary N) is 1. The molecule has 12 heavy (non-hydrogen) atoms. The van der Waals surface area contributed by atoms with E-state index in [1.165, 1.54) is 12.1 Å². The maximum atomic E-state index is 12.7. The van der Waals surface area contributed by atoms with E-state index in [-0.39, 0.29) is 0 Å². The molecule has 0 saturated carbocycles. The van der Waals surface area contributed by atoms with Gasteiger partial charge in [0, 0.05) is 17.6 Å². The SMILES string of the molecule is NCCOc1cc(F)cc(Cl)c1. The number of hydrogen-bond donors (Lipinski definition) is 1. The molecule has 0 radical (unpaired) electrons. The number of ether oxygens (including phenoxy) is 1. The highest BCUT2D eigenvalue weighted by atomic mass is 35.5. The summed E-state index contributed by atoms with van der Waals surface area (Å²) in [4.78, 5) is 0. The van der Waals surface area contributed by atoms with E-state index in [2.05, 4.69) is 0 Å². The summed E-state index contributed by atoms with van der Waals surface area (Å²) in [7, 11) is 0. The molecular weight excluding hydrogens is 181 g/mol. The first-order chi connectivity index (χ1) is 5.72. The average molecular weight is 190 g/mol. The van der Waals surface area contributed by atoms with Gasteiger partial charge in [0.15, 0.2) is 0 Å². The Bertz CT molecular complexity index is 247. The predicted octanol–water partition coefficient (Wildman–Crippen LogP) is 1.82. The maximum Gasteiger partial charge on any atom is 0.128 e. The molecule has 0 spiro atoms. The Kier molecular flexibility index (Phi) is 3.31. The summed E-state index contributed by atoms with van der Waals surface area (Å²) in [6.45, 7) is 0.758. The van der Waals surface area contributed by atoms with E-state index in [1.807, 2.05) is 0 Å². The van der Waals surface area contributed by atoms with Gasteiger partial charge in [-0.2, -0.15) is 0 Å². The molecule has 0 saturated heterocycles. The van der Waals surface area contributed by atoms with E-state index >= 15 is 0 Å². The Hall–Kier alpha value is -0.800. The van der Waals surface area contributed by atoms with E-state index < -0.39 is 5.82 Å². The third-order valence-corrected chi connectivity index (χ3v) is 1.44. The van der Waals surface area contributed by atoms with Gasteiger partial charge in [0.25, 0.3) is 0 Å². The number of rotatable bonds is 3. The van der Waals surface area contributed by atoms with Crippen molar-refractivity contribution in [2.24, 2.45) is 5.73 Å². The highest BCUT2D eigenvalue weighted by Gasteiger charge is 1.98. The fourth-order valence-corrected chi connectivity index (χ4v) is 1.00. The number of hydrogen-bond acceptors (Lipinski definition) is 2. The predicted molar refractivity (Wildman–Crippen MR) is 46.0 cm³/mol. The molecule has 1 aromatic rings. The van der Waals surface area contributed by atoms with Gasteiger partial charge in [-0.3, -0.25) is 0 Å². The van der Waals surface area contributed by atoms with Crippen LogP contribution in [-0.4, -0.2) is 13.2 Å². The molecule has 0 aromatic heterocycles. The highest BCUT2D eigenvalue weighted by Crippen LogP contribution is 2.19. The molecule has 0 atom stereocenters. The van der Waals surface area contributed by atoms with E-state index in [1.54, 1.807) is 6.07 Å². The summed E-state index contributed by atoms with van der Waals surface area (Å²) in [5, 5.41) is 0.321. The van der Waals surface area contributed by atoms with Crippen molar-refractivity contribution in [1.29, 1.82) is 0 Å². The second-order valence-electron chi connectivity index (χ2n) is 2.24. The molecule has 1 rings (SSSR count). The van der Waals surface area contributed by atoms with Crippen LogP contribution in [-0.2, 0) is 0 Å². The summed E-state index contributed by atoms with van der Waals surface area (Å²) in [5.74, 6) is -0.0000265. The molecule has 0 fully saturated rings. The van der Waals surface area contributed by atoms with Crippen molar-refractivity contribution in [3.8, 4) is 5.75 Å². The van der Waals surface area contributed by atoms with E-state index in [4.69, 9.17) is 22.1 Å². The zero-order valence-electron chi connectivity index (χ0n) is 6.39. The van der Waals surface area contributed by atoms with Gasteiger partial charge in [-0.15, -0.1) is 0 Å². The molecule has 2 nitrogen and oxygen atoms in total. The van der Waals surface area contributed by atoms with E-state index in [0.29, 0.717) is 23.9 Å². The number of benzene rings is 1. The zero-order chi connectivity index (χ0) is 8.97. The van der Waals surface area contributed by atoms with Crippen molar-refractivity contribution < 1.29 is 9.13 Å². The molecule has 1 aromatic carbocycles. The van der Waals surface area contributed by atoms with E-state index in [9.17, 15) is 4.39 Å². The van der Waals surface area contributed by atoms with Crippen LogP contribution in [0, 0.1) is 5.82 Å². The Morgan fingerprint density at radius 2 is 2.17 bits per heavy atom. The van der Waals surface area contributed by atoms with Crippen LogP contribution >= 0.6 is 11.6 Å². The fourth-order valence-electron chi connectivity index (χ4n) is 0.789. The minimum atomic E-state index is -0.408. The standard InChI is InChI=1S/C8H9ClFNO/c9-6-3-7(10)5-8(4-6)12-2-1-11/h3-5H,1-2,11H2. The van der Waals surface area contributed by atoms with Gasteiger partial charge in [0.1, 0.15) is 18.2 Å². The lowest BCUT2D eigenvalue weighted by molar-refractivity contribution is 0.326. The summed E-state index contributed by atoms with van der Waals surface area (Å²) in [6.07, 6.45) is 0. The smallest absolute Gasteiger partial charge is 0.128 e. The molecule has 0 unspecified atom stereocenters. The van der Waals surface area contributed by atoms with Crippen molar-refractivity contribution in [2.45, 2.75) is 0 Å². The summed E-state index contributed by atoms with van der Waals surface area (Å²) < 4.78 is 17.7. The van der Waals surface area contributed by atoms with Gasteiger partial charge in [-0.25, -0.2) is 4.39 Å². The Morgan fingerprint density at radius 3 is 2.75 bits per heavy atom. The first kappa shape index (κ1) is 9.29. The monoisotopic (exact) mass is 189 g/mol. The molecule has 0 aliphatic carbocycles. The van der Waals surface area contributed by atoms with Crippen LogP contribution in [0.3, 0.4) is 0 Å². The summed E-state index contributed by atoms with van der Waals surface area (Å²) in [5.41, 5.74) is 5.20. The first-order valence-electron chi connectivity index (χ1n) is 3.51. The van der Waals surface area contributed by atoms with Crippen LogP contribution in [0.15, 0.2) is 18.2 Å². The van der Waals surface area contributed by atoms with E-state index in [0.717, 1.165) is 0 Å². The Morgan fingerprint density at radius 1 is 1.42 bits per heavy atom. The molecular formula is C8H9ClFNO. The third-order valence-electron chi connectivity index (χ3n) is 1.22. The van der Waals surface area contributed by atoms with Crippen LogP contribution < -0.4 is 10.5 Å². The molecule has 0 aliphatic rings. The summed E-state index contributed by atoms with van der Waals surface area (Å²) in [6, 6.07) is 4.03. The van der Waals surface area contributed by atoms with Crippen molar-refractivity contribution in [3.05, 3.63) is 29.0 Å². The lowest BCUT2D eigenvalue weighted by Gasteiger charge is -2.04. The largest absolute Gasteiger partial charge is 0.492 e. The van der Waals surface area contributed by atoms with Crippen LogP contribution in [0.5, 0.6) is 5.75 Å². The second-order valence-corrected chi connectivity index (χ2v) is 2.68. The van der Waals surface area contributed by atoms with Gasteiger partial charge in [-0.05, 0) is 12.1 Å². The average Bonchev–Trinajstić information content (AvgIpc) is 1.99. The van der Waals surface area contributed by atoms with Crippen molar-refractivity contribution >= 4 is 11.6 Å². The van der Waals surface area contributed by atoms with Crippen LogP contribution in [0.2, 0.25) is 5.02 Å². The summed E-state index contributed by atoms with van der Waals surface area (Å²) >= 11 is 5.58. The second kappa shape index (κ2) is 4.28. The zero-order valence-corrected chi connectivity index (χ0v) is 7.14. The van der Waals surface area contributed by atoms with Crippen molar-refractivity contribution in [1.82, 2.24) is 0 Å². The maximum absolute atomic E-state index is 12.7. The molecule has 4 heteroatoms. The Labute approximate surface area is 75.1 Å². The molecule has 0 amide bonds. The highest BCUT2D eigenvalue weighted by molar-refractivity contribution is 6.30. The van der Waals surface area contributed by atoms with Gasteiger partial charge >= 0.3 is 0 Å². The van der Waals surface area contributed by atoms with Crippen molar-refractivity contribution in [2.75, 3.05) is 13.2 Å². The van der Waals surface area contributed by atoms with Gasteiger partial charge in [-0.1, -0.05) is 11.6 Å². The normalized spacial score (nSPS) is 9.92. The lowest BCUT2D eigenvalue weighted by Crippen LogP contribution is -2.10. The minimum absolute atomic E-state index is 0.321. The fraction of sp³-hybridized carbons (Fsp3) is 0.250. The molecule has 0 aliphatic heterocycles. The quantitative estimate of drug-likeness (QED) is 0.787. The van der Waals surface area contributed by atoms with Crippen LogP contribution in [0.1, 0.15) is 0 Å². The minimum Gasteiger partial charge on any atom is -0.492 e. The third kappa shape index (κ3) is 2.68. The molecule has 2 N–H and O–H groups in total. The number of halogens is 2. The van der Waals surface area contributed by atoms with Gasteiger partial charge in [0.2, 0.25) is 0 Å². The molecule has 0 bridgehead atoms. The Balaban J connectivity index is 2.72. The molecule has 66 valence electrons. The first-order valence-corrected chi connectivity index (χ1v) is 3.89. The van der Waals surface area contributed by atoms with Crippen molar-refractivity contribution in [3.63, 3.8) is 0 Å². The van der Waals surface area contributed by atoms with Gasteiger partial charge < -0.3 is 10.5 Å².